The summed E-state index contributed by atoms with van der Waals surface area (Å²) < 4.78 is 0. The number of hydrogen-bond acceptors (Lipinski definition) is 4. The summed E-state index contributed by atoms with van der Waals surface area (Å²) in [6.45, 7) is 1.77. The number of rotatable bonds is 1. The average Bonchev–Trinajstić information content (AvgIpc) is 2.72. The molecule has 0 unspecified atom stereocenters. The number of fused-ring (bicyclic) bond motifs is 2. The molecule has 0 aromatic heterocycles. The Morgan fingerprint density at radius 3 is 2.22 bits per heavy atom. The highest BCUT2D eigenvalue weighted by molar-refractivity contribution is 6.22. The standard InChI is InChI=1S/C18H13N3O2/c1-11-16(20-15-9-5-2-6-12(15)10-19-11)21-17(22)13-7-3-4-8-14(13)18(21)23/h2-10,20H,1H3. The predicted molar refractivity (Wildman–Crippen MR) is 87.3 cm³/mol. The highest BCUT2D eigenvalue weighted by Gasteiger charge is 2.38. The normalized spacial score (nSPS) is 16.1. The molecule has 5 heteroatoms. The maximum absolute atomic E-state index is 12.7. The average molecular weight is 303 g/mol. The number of carbonyl (C=O) groups is 2. The summed E-state index contributed by atoms with van der Waals surface area (Å²) in [5.74, 6) is -0.263. The summed E-state index contributed by atoms with van der Waals surface area (Å²) in [4.78, 5) is 30.8. The zero-order valence-electron chi connectivity index (χ0n) is 12.4. The minimum atomic E-state index is -0.331. The van der Waals surface area contributed by atoms with Crippen LogP contribution in [0.3, 0.4) is 0 Å². The quantitative estimate of drug-likeness (QED) is 0.824. The lowest BCUT2D eigenvalue weighted by atomic mass is 10.1. The van der Waals surface area contributed by atoms with E-state index in [1.807, 2.05) is 24.3 Å². The van der Waals surface area contributed by atoms with E-state index in [0.29, 0.717) is 22.6 Å². The van der Waals surface area contributed by atoms with E-state index in [0.717, 1.165) is 11.3 Å². The second-order valence-corrected chi connectivity index (χ2v) is 5.40. The molecule has 2 aliphatic rings. The first-order valence-corrected chi connectivity index (χ1v) is 7.25. The molecule has 2 amide bonds. The lowest BCUT2D eigenvalue weighted by Crippen LogP contribution is -2.33. The Morgan fingerprint density at radius 2 is 1.52 bits per heavy atom. The van der Waals surface area contributed by atoms with E-state index in [9.17, 15) is 9.59 Å². The monoisotopic (exact) mass is 303 g/mol. The first-order valence-electron chi connectivity index (χ1n) is 7.25. The number of aliphatic imine (C=N–C) groups is 1. The molecule has 0 atom stereocenters. The maximum Gasteiger partial charge on any atom is 0.267 e. The molecule has 23 heavy (non-hydrogen) atoms. The van der Waals surface area contributed by atoms with Gasteiger partial charge in [-0.3, -0.25) is 14.6 Å². The molecule has 0 spiro atoms. The zero-order valence-corrected chi connectivity index (χ0v) is 12.4. The fourth-order valence-electron chi connectivity index (χ4n) is 2.78. The summed E-state index contributed by atoms with van der Waals surface area (Å²) in [6.07, 6.45) is 1.73. The molecule has 2 aliphatic heterocycles. The summed E-state index contributed by atoms with van der Waals surface area (Å²) >= 11 is 0. The van der Waals surface area contributed by atoms with Crippen molar-refractivity contribution in [2.45, 2.75) is 6.92 Å². The third-order valence-corrected chi connectivity index (χ3v) is 3.97. The van der Waals surface area contributed by atoms with Crippen LogP contribution in [0.4, 0.5) is 5.69 Å². The third-order valence-electron chi connectivity index (χ3n) is 3.97. The molecule has 2 heterocycles. The second kappa shape index (κ2) is 4.91. The second-order valence-electron chi connectivity index (χ2n) is 5.40. The Kier molecular flexibility index (Phi) is 2.87. The van der Waals surface area contributed by atoms with E-state index in [1.165, 1.54) is 4.90 Å². The van der Waals surface area contributed by atoms with Crippen LogP contribution < -0.4 is 5.32 Å². The van der Waals surface area contributed by atoms with E-state index < -0.39 is 0 Å². The fraction of sp³-hybridized carbons (Fsp3) is 0.0556. The van der Waals surface area contributed by atoms with Gasteiger partial charge in [-0.1, -0.05) is 30.3 Å². The van der Waals surface area contributed by atoms with Crippen molar-refractivity contribution in [3.63, 3.8) is 0 Å². The lowest BCUT2D eigenvalue weighted by molar-refractivity contribution is 0.0704. The highest BCUT2D eigenvalue weighted by atomic mass is 16.2. The first-order chi connectivity index (χ1) is 11.2. The molecule has 1 N–H and O–H groups in total. The molecule has 0 saturated carbocycles. The van der Waals surface area contributed by atoms with Gasteiger partial charge in [0.1, 0.15) is 5.82 Å². The Hall–Kier alpha value is -3.21. The van der Waals surface area contributed by atoms with Gasteiger partial charge in [-0.15, -0.1) is 0 Å². The predicted octanol–water partition coefficient (Wildman–Crippen LogP) is 3.02. The van der Waals surface area contributed by atoms with Gasteiger partial charge < -0.3 is 5.32 Å². The van der Waals surface area contributed by atoms with E-state index in [-0.39, 0.29) is 11.8 Å². The number of nitrogens with one attached hydrogen (secondary N) is 1. The molecule has 0 saturated heterocycles. The van der Waals surface area contributed by atoms with Gasteiger partial charge in [0.25, 0.3) is 11.8 Å². The molecule has 0 fully saturated rings. The molecule has 4 rings (SSSR count). The van der Waals surface area contributed by atoms with Crippen molar-refractivity contribution in [2.75, 3.05) is 5.32 Å². The molecule has 0 aliphatic carbocycles. The van der Waals surface area contributed by atoms with Crippen molar-refractivity contribution in [3.05, 3.63) is 76.7 Å². The van der Waals surface area contributed by atoms with Gasteiger partial charge in [0, 0.05) is 17.5 Å². The van der Waals surface area contributed by atoms with Crippen LogP contribution in [0.2, 0.25) is 0 Å². The Bertz CT molecular complexity index is 877. The van der Waals surface area contributed by atoms with Crippen molar-refractivity contribution in [1.82, 2.24) is 4.90 Å². The van der Waals surface area contributed by atoms with Gasteiger partial charge in [-0.25, -0.2) is 4.90 Å². The van der Waals surface area contributed by atoms with E-state index in [4.69, 9.17) is 0 Å². The van der Waals surface area contributed by atoms with Gasteiger partial charge in [-0.05, 0) is 25.1 Å². The van der Waals surface area contributed by atoms with Crippen LogP contribution >= 0.6 is 0 Å². The minimum Gasteiger partial charge on any atom is -0.339 e. The number of carbonyl (C=O) groups excluding carboxylic acids is 2. The molecule has 112 valence electrons. The Labute approximate surface area is 133 Å². The number of anilines is 1. The fourth-order valence-corrected chi connectivity index (χ4v) is 2.78. The van der Waals surface area contributed by atoms with Crippen LogP contribution in [-0.2, 0) is 0 Å². The molecule has 0 radical (unpaired) electrons. The zero-order chi connectivity index (χ0) is 16.0. The number of para-hydroxylation sites is 1. The number of hydrogen-bond donors (Lipinski definition) is 1. The maximum atomic E-state index is 12.7. The first kappa shape index (κ1) is 13.5. The Balaban J connectivity index is 1.82. The van der Waals surface area contributed by atoms with Crippen molar-refractivity contribution < 1.29 is 9.59 Å². The van der Waals surface area contributed by atoms with E-state index >= 15 is 0 Å². The Morgan fingerprint density at radius 1 is 0.913 bits per heavy atom. The molecule has 2 aromatic carbocycles. The van der Waals surface area contributed by atoms with Crippen molar-refractivity contribution in [3.8, 4) is 0 Å². The SMILES string of the molecule is CC1=C(N2C(=O)c3ccccc3C2=O)Nc2ccccc2C=N1. The molecule has 5 nitrogen and oxygen atoms in total. The van der Waals surface area contributed by atoms with E-state index in [1.54, 1.807) is 37.4 Å². The van der Waals surface area contributed by atoms with Crippen LogP contribution in [0, 0.1) is 0 Å². The number of nitrogens with zero attached hydrogens (tertiary/aromatic N) is 2. The van der Waals surface area contributed by atoms with E-state index in [2.05, 4.69) is 10.3 Å². The lowest BCUT2D eigenvalue weighted by Gasteiger charge is -2.20. The summed E-state index contributed by atoms with van der Waals surface area (Å²) in [5.41, 5.74) is 3.12. The number of allylic oxidation sites excluding steroid dienone is 1. The molecular weight excluding hydrogens is 290 g/mol. The van der Waals surface area contributed by atoms with Crippen molar-refractivity contribution in [2.24, 2.45) is 4.99 Å². The van der Waals surface area contributed by atoms with Crippen LogP contribution in [0.1, 0.15) is 33.2 Å². The minimum absolute atomic E-state index is 0.331. The summed E-state index contributed by atoms with van der Waals surface area (Å²) in [5, 5.41) is 3.19. The third kappa shape index (κ3) is 1.97. The smallest absolute Gasteiger partial charge is 0.267 e. The molecular formula is C18H13N3O2. The largest absolute Gasteiger partial charge is 0.339 e. The topological polar surface area (TPSA) is 61.8 Å². The number of amides is 2. The summed E-state index contributed by atoms with van der Waals surface area (Å²) in [7, 11) is 0. The van der Waals surface area contributed by atoms with Gasteiger partial charge in [0.05, 0.1) is 16.8 Å². The van der Waals surface area contributed by atoms with Crippen molar-refractivity contribution in [1.29, 1.82) is 0 Å². The molecule has 0 bridgehead atoms. The van der Waals surface area contributed by atoms with Gasteiger partial charge in [-0.2, -0.15) is 0 Å². The van der Waals surface area contributed by atoms with Crippen LogP contribution in [-0.4, -0.2) is 22.9 Å². The van der Waals surface area contributed by atoms with Crippen molar-refractivity contribution >= 4 is 23.7 Å². The van der Waals surface area contributed by atoms with Gasteiger partial charge in [0.2, 0.25) is 0 Å². The van der Waals surface area contributed by atoms with Crippen LogP contribution in [0.5, 0.6) is 0 Å². The van der Waals surface area contributed by atoms with Crippen LogP contribution in [0.15, 0.2) is 65.0 Å². The molecule has 2 aromatic rings. The number of imide groups is 1. The number of benzene rings is 2. The van der Waals surface area contributed by atoms with Gasteiger partial charge in [0.15, 0.2) is 0 Å². The van der Waals surface area contributed by atoms with Gasteiger partial charge >= 0.3 is 0 Å². The van der Waals surface area contributed by atoms with Crippen LogP contribution in [0.25, 0.3) is 0 Å². The highest BCUT2D eigenvalue weighted by Crippen LogP contribution is 2.30. The summed E-state index contributed by atoms with van der Waals surface area (Å²) in [6, 6.07) is 14.4.